The molecular weight excluding hydrogens is 438 g/mol. The van der Waals surface area contributed by atoms with E-state index < -0.39 is 0 Å². The number of fused-ring (bicyclic) bond motifs is 1. The van der Waals surface area contributed by atoms with E-state index in [0.717, 1.165) is 66.9 Å². The highest BCUT2D eigenvalue weighted by Gasteiger charge is 2.20. The van der Waals surface area contributed by atoms with Gasteiger partial charge in [0.2, 0.25) is 5.95 Å². The van der Waals surface area contributed by atoms with Crippen LogP contribution in [0.2, 0.25) is 0 Å². The molecule has 1 aliphatic rings. The van der Waals surface area contributed by atoms with E-state index in [1.54, 1.807) is 24.8 Å². The van der Waals surface area contributed by atoms with Crippen molar-refractivity contribution in [1.82, 2.24) is 34.4 Å². The number of rotatable bonds is 5. The number of piperazine rings is 1. The molecule has 0 bridgehead atoms. The summed E-state index contributed by atoms with van der Waals surface area (Å²) in [5.41, 5.74) is 10.8. The van der Waals surface area contributed by atoms with Crippen molar-refractivity contribution in [3.8, 4) is 17.1 Å². The van der Waals surface area contributed by atoms with Crippen LogP contribution in [0.4, 0.5) is 11.8 Å². The normalized spacial score (nSPS) is 14.5. The first-order valence-corrected chi connectivity index (χ1v) is 11.6. The van der Waals surface area contributed by atoms with E-state index in [0.29, 0.717) is 5.82 Å². The molecule has 35 heavy (non-hydrogen) atoms. The van der Waals surface area contributed by atoms with Gasteiger partial charge in [0.25, 0.3) is 0 Å². The molecule has 0 unspecified atom stereocenters. The van der Waals surface area contributed by atoms with E-state index in [-0.39, 0.29) is 0 Å². The van der Waals surface area contributed by atoms with Crippen molar-refractivity contribution in [1.29, 1.82) is 0 Å². The third-order valence-electron chi connectivity index (χ3n) is 6.30. The lowest BCUT2D eigenvalue weighted by Gasteiger charge is -2.34. The van der Waals surface area contributed by atoms with Crippen molar-refractivity contribution in [3.05, 3.63) is 84.9 Å². The van der Waals surface area contributed by atoms with Crippen molar-refractivity contribution in [2.45, 2.75) is 6.54 Å². The van der Waals surface area contributed by atoms with E-state index >= 15 is 0 Å². The van der Waals surface area contributed by atoms with Crippen molar-refractivity contribution in [2.75, 3.05) is 36.8 Å². The molecule has 174 valence electrons. The van der Waals surface area contributed by atoms with Gasteiger partial charge in [0.15, 0.2) is 11.5 Å². The monoisotopic (exact) mass is 463 g/mol. The fraction of sp³-hybridized carbons (Fsp3) is 0.192. The highest BCUT2D eigenvalue weighted by Crippen LogP contribution is 2.30. The lowest BCUT2D eigenvalue weighted by molar-refractivity contribution is 0.248. The Morgan fingerprint density at radius 1 is 0.743 bits per heavy atom. The molecule has 0 spiro atoms. The molecule has 0 atom stereocenters. The van der Waals surface area contributed by atoms with Gasteiger partial charge in [-0.2, -0.15) is 0 Å². The number of imidazole rings is 1. The zero-order valence-corrected chi connectivity index (χ0v) is 19.2. The third-order valence-corrected chi connectivity index (χ3v) is 6.30. The molecule has 2 N–H and O–H groups in total. The third kappa shape index (κ3) is 4.17. The quantitative estimate of drug-likeness (QED) is 0.424. The van der Waals surface area contributed by atoms with Crippen LogP contribution in [0, 0.1) is 0 Å². The fourth-order valence-corrected chi connectivity index (χ4v) is 4.51. The molecule has 9 heteroatoms. The minimum Gasteiger partial charge on any atom is -0.383 e. The van der Waals surface area contributed by atoms with Gasteiger partial charge in [0.1, 0.15) is 11.3 Å². The van der Waals surface area contributed by atoms with Crippen LogP contribution < -0.4 is 10.6 Å². The van der Waals surface area contributed by atoms with Gasteiger partial charge in [-0.3, -0.25) is 9.47 Å². The Balaban J connectivity index is 1.23. The molecule has 1 fully saturated rings. The summed E-state index contributed by atoms with van der Waals surface area (Å²) in [6.07, 6.45) is 7.06. The molecule has 1 aromatic carbocycles. The standard InChI is InChI=1S/C26H25N9/c27-23-21(4-1-10-28-23)24-32-22-5-2-11-29-25(22)35(24)20-8-6-19(7-9-20)18-33-14-16-34(17-15-33)26-30-12-3-13-31-26/h1-13H,14-18H2,(H2,27,28). The van der Waals surface area contributed by atoms with E-state index in [9.17, 15) is 0 Å². The number of nitrogens with two attached hydrogens (primary N) is 1. The Bertz CT molecular complexity index is 1440. The van der Waals surface area contributed by atoms with Crippen LogP contribution in [0.1, 0.15) is 5.56 Å². The molecule has 1 aliphatic heterocycles. The van der Waals surface area contributed by atoms with Crippen LogP contribution >= 0.6 is 0 Å². The number of nitrogens with zero attached hydrogens (tertiary/aromatic N) is 8. The SMILES string of the molecule is Nc1ncccc1-c1nc2cccnc2n1-c1ccc(CN2CCN(c3ncccn3)CC2)cc1. The largest absolute Gasteiger partial charge is 0.383 e. The number of anilines is 2. The summed E-state index contributed by atoms with van der Waals surface area (Å²) in [6.45, 7) is 4.69. The lowest BCUT2D eigenvalue weighted by atomic mass is 10.1. The van der Waals surface area contributed by atoms with Crippen molar-refractivity contribution < 1.29 is 0 Å². The van der Waals surface area contributed by atoms with Crippen molar-refractivity contribution in [2.24, 2.45) is 0 Å². The average Bonchev–Trinajstić information content (AvgIpc) is 3.30. The minimum absolute atomic E-state index is 0.445. The zero-order chi connectivity index (χ0) is 23.6. The summed E-state index contributed by atoms with van der Waals surface area (Å²) in [5, 5.41) is 0. The minimum atomic E-state index is 0.445. The van der Waals surface area contributed by atoms with E-state index in [4.69, 9.17) is 10.7 Å². The van der Waals surface area contributed by atoms with E-state index in [1.807, 2.05) is 34.9 Å². The predicted octanol–water partition coefficient (Wildman–Crippen LogP) is 3.18. The number of nitrogen functional groups attached to an aromatic ring is 1. The van der Waals surface area contributed by atoms with Crippen molar-refractivity contribution in [3.63, 3.8) is 0 Å². The number of aromatic nitrogens is 6. The van der Waals surface area contributed by atoms with E-state index in [1.165, 1.54) is 5.56 Å². The first kappa shape index (κ1) is 21.2. The Morgan fingerprint density at radius 3 is 2.23 bits per heavy atom. The Kier molecular flexibility index (Phi) is 5.51. The maximum Gasteiger partial charge on any atom is 0.225 e. The molecule has 9 nitrogen and oxygen atoms in total. The number of benzene rings is 1. The van der Waals surface area contributed by atoms with Gasteiger partial charge in [0.05, 0.1) is 5.56 Å². The molecule has 0 saturated carbocycles. The van der Waals surface area contributed by atoms with Gasteiger partial charge >= 0.3 is 0 Å². The van der Waals surface area contributed by atoms with Crippen LogP contribution in [0.3, 0.4) is 0 Å². The fourth-order valence-electron chi connectivity index (χ4n) is 4.51. The van der Waals surface area contributed by atoms with Crippen LogP contribution in [-0.2, 0) is 6.54 Å². The Labute approximate surface area is 202 Å². The molecule has 6 rings (SSSR count). The summed E-state index contributed by atoms with van der Waals surface area (Å²) >= 11 is 0. The summed E-state index contributed by atoms with van der Waals surface area (Å²) in [7, 11) is 0. The number of hydrogen-bond donors (Lipinski definition) is 1. The molecule has 0 radical (unpaired) electrons. The van der Waals surface area contributed by atoms with Crippen LogP contribution in [0.15, 0.2) is 79.4 Å². The van der Waals surface area contributed by atoms with E-state index in [2.05, 4.69) is 54.0 Å². The maximum atomic E-state index is 6.19. The summed E-state index contributed by atoms with van der Waals surface area (Å²) < 4.78 is 2.05. The topological polar surface area (TPSA) is 102 Å². The van der Waals surface area contributed by atoms with Gasteiger partial charge < -0.3 is 10.6 Å². The molecule has 4 aromatic heterocycles. The maximum absolute atomic E-state index is 6.19. The number of hydrogen-bond acceptors (Lipinski definition) is 8. The molecular formula is C26H25N9. The van der Waals surface area contributed by atoms with Gasteiger partial charge in [-0.05, 0) is 48.0 Å². The summed E-state index contributed by atoms with van der Waals surface area (Å²) in [6, 6.07) is 18.1. The second-order valence-electron chi connectivity index (χ2n) is 8.53. The Hall–Kier alpha value is -4.37. The number of pyridine rings is 2. The van der Waals surface area contributed by atoms with Crippen LogP contribution in [0.25, 0.3) is 28.2 Å². The second kappa shape index (κ2) is 9.11. The highest BCUT2D eigenvalue weighted by molar-refractivity contribution is 5.82. The molecule has 5 heterocycles. The first-order chi connectivity index (χ1) is 17.3. The summed E-state index contributed by atoms with van der Waals surface area (Å²) in [5.74, 6) is 1.99. The average molecular weight is 464 g/mol. The van der Waals surface area contributed by atoms with Gasteiger partial charge in [-0.25, -0.2) is 24.9 Å². The first-order valence-electron chi connectivity index (χ1n) is 11.6. The predicted molar refractivity (Wildman–Crippen MR) is 136 cm³/mol. The molecule has 1 saturated heterocycles. The molecule has 0 amide bonds. The summed E-state index contributed by atoms with van der Waals surface area (Å²) in [4.78, 5) is 27.1. The van der Waals surface area contributed by atoms with Crippen molar-refractivity contribution >= 4 is 22.9 Å². The van der Waals surface area contributed by atoms with Gasteiger partial charge in [-0.1, -0.05) is 12.1 Å². The zero-order valence-electron chi connectivity index (χ0n) is 19.2. The van der Waals surface area contributed by atoms with Crippen LogP contribution in [-0.4, -0.2) is 60.6 Å². The highest BCUT2D eigenvalue weighted by atomic mass is 15.3. The van der Waals surface area contributed by atoms with Gasteiger partial charge in [-0.15, -0.1) is 0 Å². The smallest absolute Gasteiger partial charge is 0.225 e. The van der Waals surface area contributed by atoms with Gasteiger partial charge in [0, 0.05) is 63.2 Å². The molecule has 0 aliphatic carbocycles. The van der Waals surface area contributed by atoms with Crippen LogP contribution in [0.5, 0.6) is 0 Å². The Morgan fingerprint density at radius 2 is 1.46 bits per heavy atom. The molecule has 5 aromatic rings. The second-order valence-corrected chi connectivity index (χ2v) is 8.53. The lowest BCUT2D eigenvalue weighted by Crippen LogP contribution is -2.46.